The molecule has 1 saturated heterocycles. The number of Topliss-reactive ketones (excluding diaryl/α,β-unsaturated/α-hetero) is 1. The lowest BCUT2D eigenvalue weighted by molar-refractivity contribution is -0.144. The number of rotatable bonds is 13. The number of hydrogen-bond donors (Lipinski definition) is 4. The van der Waals surface area contributed by atoms with E-state index in [0.717, 1.165) is 51.4 Å². The molecule has 0 spiro atoms. The molecule has 0 bridgehead atoms. The second kappa shape index (κ2) is 15.1. The fraction of sp³-hybridized carbons (Fsp3) is 0.848. The van der Waals surface area contributed by atoms with Gasteiger partial charge in [-0.3, -0.25) is 19.2 Å². The summed E-state index contributed by atoms with van der Waals surface area (Å²) in [6.07, 6.45) is 8.27. The van der Waals surface area contributed by atoms with Gasteiger partial charge < -0.3 is 31.3 Å². The number of nitrogens with zero attached hydrogens (tertiary/aromatic N) is 1. The van der Waals surface area contributed by atoms with E-state index in [9.17, 15) is 24.0 Å². The zero-order valence-corrected chi connectivity index (χ0v) is 28.0. The van der Waals surface area contributed by atoms with Crippen molar-refractivity contribution in [3.05, 3.63) is 0 Å². The largest absolute Gasteiger partial charge is 0.383 e. The minimum Gasteiger partial charge on any atom is -0.383 e. The van der Waals surface area contributed by atoms with Crippen LogP contribution in [-0.4, -0.2) is 78.9 Å². The molecule has 44 heavy (non-hydrogen) atoms. The Labute approximate surface area is 263 Å². The Balaban J connectivity index is 1.89. The lowest BCUT2D eigenvalue weighted by Crippen LogP contribution is -2.62. The van der Waals surface area contributed by atoms with Gasteiger partial charge in [0.05, 0.1) is 18.7 Å². The van der Waals surface area contributed by atoms with E-state index in [-0.39, 0.29) is 35.1 Å². The molecule has 2 aliphatic carbocycles. The summed E-state index contributed by atoms with van der Waals surface area (Å²) in [5.74, 6) is -2.10. The highest BCUT2D eigenvalue weighted by molar-refractivity contribution is 6.37. The third-order valence-corrected chi connectivity index (χ3v) is 10.4. The molecule has 0 aromatic carbocycles. The zero-order chi connectivity index (χ0) is 32.8. The Morgan fingerprint density at radius 1 is 0.977 bits per heavy atom. The second-order valence-electron chi connectivity index (χ2n) is 15.2. The van der Waals surface area contributed by atoms with Crippen molar-refractivity contribution in [1.82, 2.24) is 20.9 Å². The number of likely N-dealkylation sites (tertiary alicyclic amines) is 1. The average molecular weight is 620 g/mol. The monoisotopic (exact) mass is 619 g/mol. The maximum absolute atomic E-state index is 14.6. The minimum absolute atomic E-state index is 0.0623. The molecule has 11 nitrogen and oxygen atoms in total. The number of ether oxygens (including phenoxy) is 1. The van der Waals surface area contributed by atoms with Gasteiger partial charge in [0.25, 0.3) is 5.91 Å². The molecule has 4 unspecified atom stereocenters. The van der Waals surface area contributed by atoms with Crippen LogP contribution in [0.1, 0.15) is 106 Å². The van der Waals surface area contributed by atoms with Gasteiger partial charge in [-0.05, 0) is 54.3 Å². The van der Waals surface area contributed by atoms with Crippen LogP contribution >= 0.6 is 0 Å². The predicted molar refractivity (Wildman–Crippen MR) is 168 cm³/mol. The van der Waals surface area contributed by atoms with Gasteiger partial charge in [0.1, 0.15) is 12.1 Å². The van der Waals surface area contributed by atoms with E-state index in [2.05, 4.69) is 36.7 Å². The van der Waals surface area contributed by atoms with Crippen LogP contribution in [0.2, 0.25) is 0 Å². The Hall–Kier alpha value is -2.69. The maximum atomic E-state index is 14.6. The summed E-state index contributed by atoms with van der Waals surface area (Å²) in [7, 11) is 1.59. The number of urea groups is 1. The molecule has 0 radical (unpaired) electrons. The first-order chi connectivity index (χ1) is 20.6. The van der Waals surface area contributed by atoms with E-state index in [4.69, 9.17) is 10.5 Å². The molecule has 3 rings (SSSR count). The third kappa shape index (κ3) is 8.95. The second-order valence-corrected chi connectivity index (χ2v) is 15.2. The highest BCUT2D eigenvalue weighted by Gasteiger charge is 2.49. The summed E-state index contributed by atoms with van der Waals surface area (Å²) in [6.45, 7) is 12.9. The van der Waals surface area contributed by atoms with Crippen LogP contribution < -0.4 is 21.7 Å². The molecule has 5 atom stereocenters. The first-order valence-electron chi connectivity index (χ1n) is 16.6. The molecule has 11 heteroatoms. The maximum Gasteiger partial charge on any atom is 0.315 e. The molecule has 5 amide bonds. The number of primary amides is 1. The molecular weight excluding hydrogens is 562 g/mol. The van der Waals surface area contributed by atoms with Crippen molar-refractivity contribution < 1.29 is 28.7 Å². The number of amides is 5. The summed E-state index contributed by atoms with van der Waals surface area (Å²) < 4.78 is 5.36. The van der Waals surface area contributed by atoms with E-state index in [1.54, 1.807) is 12.0 Å². The van der Waals surface area contributed by atoms with Gasteiger partial charge in [-0.2, -0.15) is 0 Å². The van der Waals surface area contributed by atoms with Crippen molar-refractivity contribution in [1.29, 1.82) is 0 Å². The van der Waals surface area contributed by atoms with E-state index in [0.29, 0.717) is 26.0 Å². The smallest absolute Gasteiger partial charge is 0.315 e. The summed E-state index contributed by atoms with van der Waals surface area (Å²) in [6, 6.07) is -3.40. The van der Waals surface area contributed by atoms with Gasteiger partial charge in [-0.25, -0.2) is 4.79 Å². The molecule has 3 fully saturated rings. The van der Waals surface area contributed by atoms with Crippen LogP contribution in [0.3, 0.4) is 0 Å². The standard InChI is InChI=1S/C33H57N5O6/c1-20(2)22-17-24(29(41)35-23(26(39)28(34)40)16-21-12-11-13-21)38(18-22)30(42)27(33(6)14-9-8-10-15-33)37-31(43)36-25(19-44-7)32(3,4)5/h20-25,27H,8-19H2,1-7H3,(H2,34,40)(H,35,41)(H2,36,37,43)/t22-,23?,24?,25?,27?/m1/s1. The fourth-order valence-corrected chi connectivity index (χ4v) is 6.93. The number of methoxy groups -OCH3 is 1. The predicted octanol–water partition coefficient (Wildman–Crippen LogP) is 3.29. The molecule has 0 aromatic heterocycles. The van der Waals surface area contributed by atoms with E-state index >= 15 is 0 Å². The van der Waals surface area contributed by atoms with Crippen molar-refractivity contribution in [3.63, 3.8) is 0 Å². The Kier molecular flexibility index (Phi) is 12.2. The summed E-state index contributed by atoms with van der Waals surface area (Å²) in [5.41, 5.74) is 4.58. The molecule has 250 valence electrons. The lowest BCUT2D eigenvalue weighted by Gasteiger charge is -2.42. The first-order valence-corrected chi connectivity index (χ1v) is 16.6. The highest BCUT2D eigenvalue weighted by atomic mass is 16.5. The first kappa shape index (κ1) is 35.8. The molecule has 5 N–H and O–H groups in total. The van der Waals surface area contributed by atoms with E-state index < -0.39 is 47.2 Å². The number of ketones is 1. The van der Waals surface area contributed by atoms with Crippen LogP contribution in [0.4, 0.5) is 4.79 Å². The SMILES string of the molecule is COCC(NC(=O)NC(C(=O)N1C[C@H](C(C)C)CC1C(=O)NC(CC1CCC1)C(=O)C(N)=O)C1(C)CCCCC1)C(C)(C)C. The summed E-state index contributed by atoms with van der Waals surface area (Å²) in [5, 5.41) is 8.88. The lowest BCUT2D eigenvalue weighted by atomic mass is 9.70. The number of carbonyl (C=O) groups is 5. The number of nitrogens with one attached hydrogen (secondary N) is 3. The van der Waals surface area contributed by atoms with Crippen LogP contribution in [0, 0.1) is 28.6 Å². The topological polar surface area (TPSA) is 160 Å². The van der Waals surface area contributed by atoms with Crippen LogP contribution in [0.15, 0.2) is 0 Å². The van der Waals surface area contributed by atoms with Gasteiger partial charge in [0.2, 0.25) is 17.6 Å². The zero-order valence-electron chi connectivity index (χ0n) is 28.0. The Bertz CT molecular complexity index is 1050. The Morgan fingerprint density at radius 3 is 2.11 bits per heavy atom. The van der Waals surface area contributed by atoms with Crippen molar-refractivity contribution in [2.24, 2.45) is 34.3 Å². The minimum atomic E-state index is -1.07. The van der Waals surface area contributed by atoms with Crippen molar-refractivity contribution in [2.75, 3.05) is 20.3 Å². The van der Waals surface area contributed by atoms with Gasteiger partial charge in [0.15, 0.2) is 0 Å². The number of hydrogen-bond acceptors (Lipinski definition) is 6. The van der Waals surface area contributed by atoms with Gasteiger partial charge in [-0.1, -0.05) is 80.1 Å². The third-order valence-electron chi connectivity index (χ3n) is 10.4. The quantitative estimate of drug-likeness (QED) is 0.232. The van der Waals surface area contributed by atoms with Gasteiger partial charge >= 0.3 is 6.03 Å². The normalized spacial score (nSPS) is 24.1. The van der Waals surface area contributed by atoms with Crippen molar-refractivity contribution in [2.45, 2.75) is 130 Å². The van der Waals surface area contributed by atoms with Crippen LogP contribution in [0.5, 0.6) is 0 Å². The molecule has 1 heterocycles. The van der Waals surface area contributed by atoms with E-state index in [1.165, 1.54) is 0 Å². The molecule has 2 saturated carbocycles. The van der Waals surface area contributed by atoms with Gasteiger partial charge in [0, 0.05) is 13.7 Å². The average Bonchev–Trinajstić information content (AvgIpc) is 3.38. The highest BCUT2D eigenvalue weighted by Crippen LogP contribution is 2.41. The molecule has 3 aliphatic rings. The molecular formula is C33H57N5O6. The van der Waals surface area contributed by atoms with Crippen molar-refractivity contribution >= 4 is 29.5 Å². The van der Waals surface area contributed by atoms with Crippen LogP contribution in [-0.2, 0) is 23.9 Å². The van der Waals surface area contributed by atoms with Gasteiger partial charge in [-0.15, -0.1) is 0 Å². The molecule has 1 aliphatic heterocycles. The number of carbonyl (C=O) groups excluding carboxylic acids is 5. The van der Waals surface area contributed by atoms with Crippen LogP contribution in [0.25, 0.3) is 0 Å². The number of nitrogens with two attached hydrogens (primary N) is 1. The Morgan fingerprint density at radius 2 is 1.61 bits per heavy atom. The summed E-state index contributed by atoms with van der Waals surface area (Å²) >= 11 is 0. The fourth-order valence-electron chi connectivity index (χ4n) is 6.93. The van der Waals surface area contributed by atoms with E-state index in [1.807, 2.05) is 20.8 Å². The van der Waals surface area contributed by atoms with Crippen molar-refractivity contribution in [3.8, 4) is 0 Å². The summed E-state index contributed by atoms with van der Waals surface area (Å²) in [4.78, 5) is 68.1. The molecule has 0 aromatic rings.